The third-order valence-corrected chi connectivity index (χ3v) is 3.56. The summed E-state index contributed by atoms with van der Waals surface area (Å²) in [6.07, 6.45) is -0.417. The van der Waals surface area contributed by atoms with Gasteiger partial charge in [-0.2, -0.15) is 5.26 Å². The number of morpholine rings is 1. The average molecular weight is 272 g/mol. The Labute approximate surface area is 120 Å². The second-order valence-corrected chi connectivity index (χ2v) is 5.42. The molecule has 0 aliphatic carbocycles. The zero-order valence-corrected chi connectivity index (χ0v) is 12.0. The van der Waals surface area contributed by atoms with E-state index < -0.39 is 6.10 Å². The van der Waals surface area contributed by atoms with Gasteiger partial charge < -0.3 is 4.74 Å². The number of ketones is 1. The van der Waals surface area contributed by atoms with E-state index in [1.54, 1.807) is 0 Å². The maximum atomic E-state index is 12.2. The van der Waals surface area contributed by atoms with E-state index in [2.05, 4.69) is 19.9 Å². The molecule has 4 heteroatoms. The molecule has 1 unspecified atom stereocenters. The number of carbonyl (C=O) groups excluding carboxylic acids is 1. The third kappa shape index (κ3) is 3.66. The van der Waals surface area contributed by atoms with Crippen LogP contribution < -0.4 is 0 Å². The molecule has 1 fully saturated rings. The smallest absolute Gasteiger partial charge is 0.176 e. The molecule has 1 saturated heterocycles. The minimum atomic E-state index is -0.417. The number of nitriles is 1. The molecule has 0 aromatic heterocycles. The molecule has 0 amide bonds. The first-order chi connectivity index (χ1) is 9.60. The molecule has 1 aliphatic heterocycles. The summed E-state index contributed by atoms with van der Waals surface area (Å²) in [4.78, 5) is 14.2. The van der Waals surface area contributed by atoms with Crippen LogP contribution in [0.3, 0.4) is 0 Å². The van der Waals surface area contributed by atoms with Crippen molar-refractivity contribution in [2.45, 2.75) is 25.9 Å². The lowest BCUT2D eigenvalue weighted by Crippen LogP contribution is -2.44. The fraction of sp³-hybridized carbons (Fsp3) is 0.500. The topological polar surface area (TPSA) is 53.3 Å². The number of hydrogen-bond acceptors (Lipinski definition) is 4. The fourth-order valence-corrected chi connectivity index (χ4v) is 2.27. The summed E-state index contributed by atoms with van der Waals surface area (Å²) in [6, 6.07) is 9.89. The molecule has 0 radical (unpaired) electrons. The van der Waals surface area contributed by atoms with E-state index >= 15 is 0 Å². The van der Waals surface area contributed by atoms with Crippen LogP contribution in [0.4, 0.5) is 0 Å². The summed E-state index contributed by atoms with van der Waals surface area (Å²) >= 11 is 0. The van der Waals surface area contributed by atoms with Crippen LogP contribution in [0.1, 0.15) is 35.7 Å². The number of rotatable bonds is 4. The molecule has 0 saturated carbocycles. The van der Waals surface area contributed by atoms with Crippen LogP contribution in [0.25, 0.3) is 0 Å². The van der Waals surface area contributed by atoms with Gasteiger partial charge in [-0.05, 0) is 11.5 Å². The molecule has 106 valence electrons. The highest BCUT2D eigenvalue weighted by Crippen LogP contribution is 2.15. The monoisotopic (exact) mass is 272 g/mol. The molecule has 1 aromatic carbocycles. The minimum Gasteiger partial charge on any atom is -0.361 e. The molecule has 2 rings (SSSR count). The Morgan fingerprint density at radius 1 is 1.45 bits per heavy atom. The van der Waals surface area contributed by atoms with Crippen molar-refractivity contribution in [3.8, 4) is 6.07 Å². The Morgan fingerprint density at radius 3 is 2.75 bits per heavy atom. The van der Waals surface area contributed by atoms with E-state index in [9.17, 15) is 4.79 Å². The maximum Gasteiger partial charge on any atom is 0.176 e. The van der Waals surface area contributed by atoms with Gasteiger partial charge in [0.1, 0.15) is 0 Å². The molecule has 4 nitrogen and oxygen atoms in total. The lowest BCUT2D eigenvalue weighted by atomic mass is 10.0. The molecule has 0 spiro atoms. The van der Waals surface area contributed by atoms with Crippen molar-refractivity contribution in [1.82, 2.24) is 4.90 Å². The second kappa shape index (κ2) is 6.65. The van der Waals surface area contributed by atoms with Crippen LogP contribution in [0.15, 0.2) is 24.3 Å². The van der Waals surface area contributed by atoms with Crippen molar-refractivity contribution in [3.05, 3.63) is 35.4 Å². The standard InChI is InChI=1S/C16H20N2O2/c1-12(2)13-3-5-14(6-4-13)16(19)11-18-7-8-20-15(9-17)10-18/h3-6,12,15H,7-8,10-11H2,1-2H3. The number of nitrogens with zero attached hydrogens (tertiary/aromatic N) is 2. The molecular formula is C16H20N2O2. The van der Waals surface area contributed by atoms with Crippen molar-refractivity contribution < 1.29 is 9.53 Å². The van der Waals surface area contributed by atoms with E-state index in [1.807, 2.05) is 29.2 Å². The van der Waals surface area contributed by atoms with Crippen LogP contribution in [-0.2, 0) is 4.74 Å². The zero-order chi connectivity index (χ0) is 14.5. The fourth-order valence-electron chi connectivity index (χ4n) is 2.27. The van der Waals surface area contributed by atoms with Gasteiger partial charge in [-0.15, -0.1) is 0 Å². The Kier molecular flexibility index (Phi) is 4.89. The molecule has 1 aromatic rings. The lowest BCUT2D eigenvalue weighted by molar-refractivity contribution is 0.00241. The Balaban J connectivity index is 1.96. The molecular weight excluding hydrogens is 252 g/mol. The van der Waals surface area contributed by atoms with Gasteiger partial charge in [-0.25, -0.2) is 0 Å². The van der Waals surface area contributed by atoms with Gasteiger partial charge in [-0.1, -0.05) is 38.1 Å². The van der Waals surface area contributed by atoms with E-state index in [0.29, 0.717) is 32.2 Å². The van der Waals surface area contributed by atoms with E-state index in [-0.39, 0.29) is 5.78 Å². The molecule has 1 atom stereocenters. The largest absolute Gasteiger partial charge is 0.361 e. The number of hydrogen-bond donors (Lipinski definition) is 0. The van der Waals surface area contributed by atoms with E-state index in [0.717, 1.165) is 5.56 Å². The molecule has 1 aliphatic rings. The molecule has 0 N–H and O–H groups in total. The summed E-state index contributed by atoms with van der Waals surface area (Å²) in [6.45, 7) is 6.33. The first-order valence-corrected chi connectivity index (χ1v) is 6.97. The van der Waals surface area contributed by atoms with Gasteiger partial charge in [0.25, 0.3) is 0 Å². The Hall–Kier alpha value is -1.70. The summed E-state index contributed by atoms with van der Waals surface area (Å²) in [5, 5.41) is 8.86. The van der Waals surface area contributed by atoms with Crippen molar-refractivity contribution >= 4 is 5.78 Å². The average Bonchev–Trinajstić information content (AvgIpc) is 2.47. The number of carbonyl (C=O) groups is 1. The minimum absolute atomic E-state index is 0.0962. The second-order valence-electron chi connectivity index (χ2n) is 5.42. The maximum absolute atomic E-state index is 12.2. The van der Waals surface area contributed by atoms with Gasteiger partial charge in [-0.3, -0.25) is 9.69 Å². The molecule has 0 bridgehead atoms. The predicted octanol–water partition coefficient (Wildman–Crippen LogP) is 2.22. The van der Waals surface area contributed by atoms with Gasteiger partial charge in [0.15, 0.2) is 11.9 Å². The predicted molar refractivity (Wildman–Crippen MR) is 76.7 cm³/mol. The highest BCUT2D eigenvalue weighted by molar-refractivity contribution is 5.97. The summed E-state index contributed by atoms with van der Waals surface area (Å²) in [5.41, 5.74) is 1.96. The quantitative estimate of drug-likeness (QED) is 0.789. The lowest BCUT2D eigenvalue weighted by Gasteiger charge is -2.28. The number of ether oxygens (including phenoxy) is 1. The molecule has 1 heterocycles. The van der Waals surface area contributed by atoms with E-state index in [4.69, 9.17) is 10.00 Å². The van der Waals surface area contributed by atoms with Crippen molar-refractivity contribution in [1.29, 1.82) is 5.26 Å². The Bertz CT molecular complexity index is 502. The van der Waals surface area contributed by atoms with Crippen molar-refractivity contribution in [2.75, 3.05) is 26.2 Å². The van der Waals surface area contributed by atoms with Crippen molar-refractivity contribution in [3.63, 3.8) is 0 Å². The van der Waals surface area contributed by atoms with Gasteiger partial charge in [0.2, 0.25) is 0 Å². The first-order valence-electron chi connectivity index (χ1n) is 6.97. The first kappa shape index (κ1) is 14.7. The highest BCUT2D eigenvalue weighted by Gasteiger charge is 2.22. The van der Waals surface area contributed by atoms with Crippen LogP contribution in [0, 0.1) is 11.3 Å². The third-order valence-electron chi connectivity index (χ3n) is 3.56. The Morgan fingerprint density at radius 2 is 2.15 bits per heavy atom. The van der Waals surface area contributed by atoms with Gasteiger partial charge in [0, 0.05) is 18.7 Å². The zero-order valence-electron chi connectivity index (χ0n) is 12.0. The number of Topliss-reactive ketones (excluding diaryl/α,β-unsaturated/α-hetero) is 1. The normalized spacial score (nSPS) is 19.8. The van der Waals surface area contributed by atoms with Crippen LogP contribution in [0.2, 0.25) is 0 Å². The summed E-state index contributed by atoms with van der Waals surface area (Å²) in [5.74, 6) is 0.564. The highest BCUT2D eigenvalue weighted by atomic mass is 16.5. The van der Waals surface area contributed by atoms with Gasteiger partial charge in [0.05, 0.1) is 19.2 Å². The summed E-state index contributed by atoms with van der Waals surface area (Å²) < 4.78 is 5.27. The van der Waals surface area contributed by atoms with Crippen LogP contribution in [-0.4, -0.2) is 43.0 Å². The summed E-state index contributed by atoms with van der Waals surface area (Å²) in [7, 11) is 0. The van der Waals surface area contributed by atoms with Crippen molar-refractivity contribution in [2.24, 2.45) is 0 Å². The van der Waals surface area contributed by atoms with Crippen LogP contribution in [0.5, 0.6) is 0 Å². The SMILES string of the molecule is CC(C)c1ccc(C(=O)CN2CCOC(C#N)C2)cc1. The number of benzene rings is 1. The molecule has 20 heavy (non-hydrogen) atoms. The van der Waals surface area contributed by atoms with Crippen LogP contribution >= 0.6 is 0 Å². The van der Waals surface area contributed by atoms with Gasteiger partial charge >= 0.3 is 0 Å². The van der Waals surface area contributed by atoms with E-state index in [1.165, 1.54) is 5.56 Å².